The van der Waals surface area contributed by atoms with Crippen LogP contribution in [0.4, 0.5) is 0 Å². The fourth-order valence-electron chi connectivity index (χ4n) is 3.32. The van der Waals surface area contributed by atoms with Gasteiger partial charge in [0.25, 0.3) is 0 Å². The minimum absolute atomic E-state index is 0.117. The van der Waals surface area contributed by atoms with E-state index in [0.29, 0.717) is 23.3 Å². The molecule has 7 heteroatoms. The molecule has 1 aromatic carbocycles. The van der Waals surface area contributed by atoms with Crippen molar-refractivity contribution >= 4 is 13.1 Å². The molecule has 0 spiro atoms. The summed E-state index contributed by atoms with van der Waals surface area (Å²) in [6.45, 7) is 7.16. The number of cyclic esters (lactones) is 1. The Kier molecular flexibility index (Phi) is 5.65. The number of carbonyl (C=O) groups excluding carboxylic acids is 1. The quantitative estimate of drug-likeness (QED) is 0.470. The van der Waals surface area contributed by atoms with Gasteiger partial charge >= 0.3 is 5.97 Å². The summed E-state index contributed by atoms with van der Waals surface area (Å²) >= 11 is 0. The van der Waals surface area contributed by atoms with Crippen molar-refractivity contribution in [2.45, 2.75) is 32.7 Å². The molecule has 1 N–H and O–H groups in total. The summed E-state index contributed by atoms with van der Waals surface area (Å²) in [4.78, 5) is 11.9. The summed E-state index contributed by atoms with van der Waals surface area (Å²) in [6.07, 6.45) is 2.17. The standard InChI is InChI=1S/C18H25O6P/c1-10(18(23-4)25(5,6)21)7-8-12-15(19)14-13(9-24-17(14)20)11(2)16(12)22-3/h7,18-19H,8-9H2,1-6H3/b10-7+. The zero-order valence-electron chi connectivity index (χ0n) is 15.5. The summed E-state index contributed by atoms with van der Waals surface area (Å²) in [5.41, 5.74) is 2.96. The average molecular weight is 368 g/mol. The molecule has 0 fully saturated rings. The van der Waals surface area contributed by atoms with Crippen LogP contribution in [0.25, 0.3) is 0 Å². The zero-order valence-corrected chi connectivity index (χ0v) is 16.4. The summed E-state index contributed by atoms with van der Waals surface area (Å²) in [6, 6.07) is 0. The number of phenols is 1. The number of benzene rings is 1. The highest BCUT2D eigenvalue weighted by molar-refractivity contribution is 7.63. The Hall–Kier alpha value is -1.78. The second-order valence-electron chi connectivity index (χ2n) is 6.59. The van der Waals surface area contributed by atoms with E-state index in [4.69, 9.17) is 14.2 Å². The molecule has 0 radical (unpaired) electrons. The van der Waals surface area contributed by atoms with Crippen LogP contribution >= 0.6 is 7.14 Å². The average Bonchev–Trinajstić information content (AvgIpc) is 2.91. The van der Waals surface area contributed by atoms with E-state index in [-0.39, 0.29) is 17.9 Å². The molecule has 1 aliphatic heterocycles. The van der Waals surface area contributed by atoms with Gasteiger partial charge in [0.05, 0.1) is 7.11 Å². The predicted molar refractivity (Wildman–Crippen MR) is 96.2 cm³/mol. The Bertz CT molecular complexity index is 775. The van der Waals surface area contributed by atoms with E-state index in [1.807, 2.05) is 19.9 Å². The zero-order chi connectivity index (χ0) is 18.9. The molecule has 1 atom stereocenters. The maximum absolute atomic E-state index is 12.3. The van der Waals surface area contributed by atoms with E-state index in [1.165, 1.54) is 14.2 Å². The SMILES string of the molecule is COc1c(C)c2c(c(O)c1C/C=C(\C)C(OC)P(C)(C)=O)C(=O)OC2. The Morgan fingerprint density at radius 3 is 2.56 bits per heavy atom. The largest absolute Gasteiger partial charge is 0.507 e. The van der Waals surface area contributed by atoms with Crippen LogP contribution in [0.2, 0.25) is 0 Å². The normalized spacial score (nSPS) is 15.8. The van der Waals surface area contributed by atoms with Gasteiger partial charge in [-0.05, 0) is 44.7 Å². The first-order chi connectivity index (χ1) is 11.6. The monoisotopic (exact) mass is 368 g/mol. The number of hydrogen-bond donors (Lipinski definition) is 1. The van der Waals surface area contributed by atoms with Crippen LogP contribution in [0.15, 0.2) is 11.6 Å². The number of phenolic OH excluding ortho intramolecular Hbond substituents is 1. The van der Waals surface area contributed by atoms with Crippen LogP contribution in [0, 0.1) is 6.92 Å². The summed E-state index contributed by atoms with van der Waals surface area (Å²) < 4.78 is 28.2. The lowest BCUT2D eigenvalue weighted by molar-refractivity contribution is 0.0533. The second kappa shape index (κ2) is 7.22. The van der Waals surface area contributed by atoms with E-state index in [0.717, 1.165) is 11.1 Å². The predicted octanol–water partition coefficient (Wildman–Crippen LogP) is 3.46. The Labute approximate surface area is 148 Å². The summed E-state index contributed by atoms with van der Waals surface area (Å²) in [5.74, 6) is -0.597. The maximum Gasteiger partial charge on any atom is 0.342 e. The lowest BCUT2D eigenvalue weighted by Crippen LogP contribution is -2.12. The molecule has 0 saturated carbocycles. The fraction of sp³-hybridized carbons (Fsp3) is 0.500. The minimum Gasteiger partial charge on any atom is -0.507 e. The van der Waals surface area contributed by atoms with Crippen molar-refractivity contribution in [3.63, 3.8) is 0 Å². The number of fused-ring (bicyclic) bond motifs is 1. The molecule has 2 rings (SSSR count). The number of rotatable bonds is 6. The van der Waals surface area contributed by atoms with E-state index < -0.39 is 19.0 Å². The van der Waals surface area contributed by atoms with E-state index in [2.05, 4.69) is 0 Å². The van der Waals surface area contributed by atoms with Gasteiger partial charge < -0.3 is 23.9 Å². The van der Waals surface area contributed by atoms with Crippen LogP contribution in [0.1, 0.15) is 34.0 Å². The molecule has 0 amide bonds. The van der Waals surface area contributed by atoms with Crippen LogP contribution in [-0.2, 0) is 27.1 Å². The number of allylic oxidation sites excluding steroid dienone is 1. The van der Waals surface area contributed by atoms with Crippen molar-refractivity contribution in [2.24, 2.45) is 0 Å². The van der Waals surface area contributed by atoms with Crippen molar-refractivity contribution in [1.82, 2.24) is 0 Å². The Morgan fingerprint density at radius 2 is 2.04 bits per heavy atom. The number of hydrogen-bond acceptors (Lipinski definition) is 6. The van der Waals surface area contributed by atoms with Gasteiger partial charge in [0.1, 0.15) is 36.7 Å². The molecular weight excluding hydrogens is 343 g/mol. The molecule has 138 valence electrons. The van der Waals surface area contributed by atoms with Crippen LogP contribution in [0.5, 0.6) is 11.5 Å². The molecular formula is C18H25O6P. The first kappa shape index (κ1) is 19.5. The molecule has 25 heavy (non-hydrogen) atoms. The van der Waals surface area contributed by atoms with E-state index in [9.17, 15) is 14.5 Å². The third kappa shape index (κ3) is 3.60. The van der Waals surface area contributed by atoms with Gasteiger partial charge in [-0.25, -0.2) is 4.79 Å². The molecule has 0 saturated heterocycles. The number of carbonyl (C=O) groups is 1. The minimum atomic E-state index is -2.47. The van der Waals surface area contributed by atoms with Gasteiger partial charge in [0.15, 0.2) is 0 Å². The topological polar surface area (TPSA) is 82.1 Å². The summed E-state index contributed by atoms with van der Waals surface area (Å²) in [5, 5.41) is 10.6. The van der Waals surface area contributed by atoms with E-state index in [1.54, 1.807) is 13.3 Å². The van der Waals surface area contributed by atoms with Crippen LogP contribution < -0.4 is 4.74 Å². The third-order valence-electron chi connectivity index (χ3n) is 4.45. The number of esters is 1. The molecule has 1 heterocycles. The lowest BCUT2D eigenvalue weighted by atomic mass is 9.95. The van der Waals surface area contributed by atoms with E-state index >= 15 is 0 Å². The number of ether oxygens (including phenoxy) is 3. The Morgan fingerprint density at radius 1 is 1.40 bits per heavy atom. The van der Waals surface area contributed by atoms with Gasteiger partial charge in [-0.15, -0.1) is 0 Å². The molecule has 6 nitrogen and oxygen atoms in total. The van der Waals surface area contributed by atoms with Gasteiger partial charge in [-0.2, -0.15) is 0 Å². The maximum atomic E-state index is 12.3. The summed E-state index contributed by atoms with van der Waals surface area (Å²) in [7, 11) is 0.572. The fourth-order valence-corrected chi connectivity index (χ4v) is 4.92. The van der Waals surface area contributed by atoms with Gasteiger partial charge in [0, 0.05) is 18.2 Å². The molecule has 1 unspecified atom stereocenters. The first-order valence-corrected chi connectivity index (χ1v) is 10.6. The van der Waals surface area contributed by atoms with Gasteiger partial charge in [-0.1, -0.05) is 6.08 Å². The molecule has 0 aliphatic carbocycles. The lowest BCUT2D eigenvalue weighted by Gasteiger charge is -2.21. The molecule has 1 aliphatic rings. The highest BCUT2D eigenvalue weighted by atomic mass is 31.2. The third-order valence-corrected chi connectivity index (χ3v) is 6.20. The van der Waals surface area contributed by atoms with Crippen LogP contribution in [0.3, 0.4) is 0 Å². The molecule has 0 aromatic heterocycles. The smallest absolute Gasteiger partial charge is 0.342 e. The van der Waals surface area contributed by atoms with Crippen molar-refractivity contribution in [1.29, 1.82) is 0 Å². The van der Waals surface area contributed by atoms with Gasteiger partial charge in [-0.3, -0.25) is 0 Å². The van der Waals surface area contributed by atoms with Crippen molar-refractivity contribution in [3.05, 3.63) is 33.9 Å². The number of methoxy groups -OCH3 is 2. The highest BCUT2D eigenvalue weighted by Gasteiger charge is 2.32. The van der Waals surface area contributed by atoms with Crippen molar-refractivity contribution in [2.75, 3.05) is 27.5 Å². The van der Waals surface area contributed by atoms with Crippen LogP contribution in [-0.4, -0.2) is 44.5 Å². The molecule has 1 aromatic rings. The number of aromatic hydroxyl groups is 1. The highest BCUT2D eigenvalue weighted by Crippen LogP contribution is 2.47. The first-order valence-electron chi connectivity index (χ1n) is 7.95. The van der Waals surface area contributed by atoms with Crippen molar-refractivity contribution < 1.29 is 28.7 Å². The second-order valence-corrected chi connectivity index (χ2v) is 9.93. The van der Waals surface area contributed by atoms with Crippen molar-refractivity contribution in [3.8, 4) is 11.5 Å². The Balaban J connectivity index is 2.48. The molecule has 0 bridgehead atoms. The van der Waals surface area contributed by atoms with Gasteiger partial charge in [0.2, 0.25) is 0 Å².